The zero-order chi connectivity index (χ0) is 30.6. The number of carboxylic acids is 1. The number of amides is 3. The first-order valence-corrected chi connectivity index (χ1v) is 15.5. The van der Waals surface area contributed by atoms with Crippen LogP contribution in [-0.4, -0.2) is 70.0 Å². The number of H-pyrrole nitrogens is 1. The summed E-state index contributed by atoms with van der Waals surface area (Å²) < 4.78 is 0. The topological polar surface area (TPSA) is 166 Å². The molecular weight excluding hydrogens is 554 g/mol. The predicted molar refractivity (Wildman–Crippen MR) is 166 cm³/mol. The molecule has 10 nitrogen and oxygen atoms in total. The zero-order valence-corrected chi connectivity index (χ0v) is 25.1. The number of carbonyl (C=O) groups is 4. The maximum Gasteiger partial charge on any atom is 0.326 e. The average Bonchev–Trinajstić information content (AvgIpc) is 3.37. The maximum absolute atomic E-state index is 13.8. The molecule has 4 unspecified atom stereocenters. The van der Waals surface area contributed by atoms with Crippen LogP contribution in [0.2, 0.25) is 0 Å². The van der Waals surface area contributed by atoms with Crippen LogP contribution >= 0.6 is 11.8 Å². The molecule has 0 bridgehead atoms. The minimum absolute atomic E-state index is 0.0275. The number of nitrogens with one attached hydrogen (secondary N) is 4. The molecule has 11 heteroatoms. The molecule has 7 N–H and O–H groups in total. The normalized spacial score (nSPS) is 14.1. The highest BCUT2D eigenvalue weighted by molar-refractivity contribution is 7.98. The summed E-state index contributed by atoms with van der Waals surface area (Å²) in [5.74, 6) is -2.08. The van der Waals surface area contributed by atoms with Crippen LogP contribution in [-0.2, 0) is 32.0 Å². The van der Waals surface area contributed by atoms with Crippen molar-refractivity contribution in [2.24, 2.45) is 11.7 Å². The molecule has 0 spiro atoms. The van der Waals surface area contributed by atoms with Crippen LogP contribution in [0.25, 0.3) is 10.9 Å². The van der Waals surface area contributed by atoms with E-state index in [2.05, 4.69) is 20.9 Å². The first-order chi connectivity index (χ1) is 20.1. The zero-order valence-electron chi connectivity index (χ0n) is 24.3. The summed E-state index contributed by atoms with van der Waals surface area (Å²) in [6.45, 7) is 3.74. The van der Waals surface area contributed by atoms with E-state index in [0.29, 0.717) is 12.2 Å². The smallest absolute Gasteiger partial charge is 0.326 e. The van der Waals surface area contributed by atoms with E-state index in [1.165, 1.54) is 0 Å². The van der Waals surface area contributed by atoms with Crippen LogP contribution in [0.1, 0.15) is 37.8 Å². The van der Waals surface area contributed by atoms with Gasteiger partial charge >= 0.3 is 5.97 Å². The number of aromatic nitrogens is 1. The van der Waals surface area contributed by atoms with Gasteiger partial charge in [0.05, 0.1) is 6.04 Å². The standard InChI is InChI=1S/C31H41N5O5S/c1-19(2)15-27(31(40)41)36-29(38)25(16-20-9-5-4-6-10-20)35-30(39)26(34-28(37)23(32)13-14-42-3)17-21-18-33-24-12-8-7-11-22(21)24/h4-12,18-19,23,25-27,33H,13-17,32H2,1-3H3,(H,34,37)(H,35,39)(H,36,38)(H,40,41). The van der Waals surface area contributed by atoms with Crippen molar-refractivity contribution in [3.8, 4) is 0 Å². The highest BCUT2D eigenvalue weighted by Crippen LogP contribution is 2.19. The number of aromatic amines is 1. The average molecular weight is 596 g/mol. The SMILES string of the molecule is CSCCC(N)C(=O)NC(Cc1c[nH]c2ccccc12)C(=O)NC(Cc1ccccc1)C(=O)NC(CC(C)C)C(=O)O. The molecular formula is C31H41N5O5S. The molecule has 0 saturated heterocycles. The third-order valence-corrected chi connectivity index (χ3v) is 7.58. The van der Waals surface area contributed by atoms with E-state index in [1.54, 1.807) is 18.0 Å². The summed E-state index contributed by atoms with van der Waals surface area (Å²) in [6.07, 6.45) is 4.68. The Balaban J connectivity index is 1.88. The van der Waals surface area contributed by atoms with Gasteiger partial charge in [-0.3, -0.25) is 14.4 Å². The fourth-order valence-corrected chi connectivity index (χ4v) is 5.17. The third kappa shape index (κ3) is 9.63. The van der Waals surface area contributed by atoms with Crippen molar-refractivity contribution >= 4 is 46.4 Å². The molecule has 2 aromatic carbocycles. The van der Waals surface area contributed by atoms with Crippen LogP contribution < -0.4 is 21.7 Å². The molecule has 0 fully saturated rings. The van der Waals surface area contributed by atoms with Gasteiger partial charge < -0.3 is 31.8 Å². The van der Waals surface area contributed by atoms with Crippen molar-refractivity contribution in [2.75, 3.05) is 12.0 Å². The van der Waals surface area contributed by atoms with E-state index in [9.17, 15) is 24.3 Å². The first-order valence-electron chi connectivity index (χ1n) is 14.1. The van der Waals surface area contributed by atoms with Gasteiger partial charge in [0, 0.05) is 29.9 Å². The third-order valence-electron chi connectivity index (χ3n) is 6.94. The van der Waals surface area contributed by atoms with Crippen LogP contribution in [0.15, 0.2) is 60.8 Å². The minimum Gasteiger partial charge on any atom is -0.480 e. The number of carbonyl (C=O) groups excluding carboxylic acids is 3. The Hall–Kier alpha value is -3.83. The molecule has 42 heavy (non-hydrogen) atoms. The molecule has 0 radical (unpaired) electrons. The summed E-state index contributed by atoms with van der Waals surface area (Å²) >= 11 is 1.57. The molecule has 0 saturated carbocycles. The molecule has 3 aromatic rings. The molecule has 3 amide bonds. The van der Waals surface area contributed by atoms with Crippen LogP contribution in [0, 0.1) is 5.92 Å². The summed E-state index contributed by atoms with van der Waals surface area (Å²) in [4.78, 5) is 55.3. The van der Waals surface area contributed by atoms with Gasteiger partial charge in [-0.15, -0.1) is 0 Å². The fourth-order valence-electron chi connectivity index (χ4n) is 4.68. The van der Waals surface area contributed by atoms with Gasteiger partial charge in [-0.25, -0.2) is 4.79 Å². The summed E-state index contributed by atoms with van der Waals surface area (Å²) in [7, 11) is 0. The number of rotatable bonds is 16. The second-order valence-corrected chi connectivity index (χ2v) is 11.8. The van der Waals surface area contributed by atoms with Crippen molar-refractivity contribution < 1.29 is 24.3 Å². The van der Waals surface area contributed by atoms with E-state index in [1.807, 2.05) is 74.7 Å². The van der Waals surface area contributed by atoms with Crippen molar-refractivity contribution in [1.82, 2.24) is 20.9 Å². The molecule has 0 aliphatic rings. The Morgan fingerprint density at radius 3 is 2.10 bits per heavy atom. The van der Waals surface area contributed by atoms with Gasteiger partial charge in [-0.2, -0.15) is 11.8 Å². The fraction of sp³-hybridized carbons (Fsp3) is 0.419. The largest absolute Gasteiger partial charge is 0.480 e. The number of nitrogens with two attached hydrogens (primary N) is 1. The number of fused-ring (bicyclic) bond motifs is 1. The quantitative estimate of drug-likeness (QED) is 0.148. The number of hydrogen-bond donors (Lipinski definition) is 6. The Morgan fingerprint density at radius 2 is 1.45 bits per heavy atom. The Bertz CT molecular complexity index is 1350. The molecule has 4 atom stereocenters. The van der Waals surface area contributed by atoms with Gasteiger partial charge in [0.2, 0.25) is 17.7 Å². The summed E-state index contributed by atoms with van der Waals surface area (Å²) in [6, 6.07) is 12.7. The lowest BCUT2D eigenvalue weighted by Crippen LogP contribution is -2.58. The van der Waals surface area contributed by atoms with Crippen molar-refractivity contribution in [3.05, 3.63) is 71.9 Å². The maximum atomic E-state index is 13.8. The number of thioether (sulfide) groups is 1. The highest BCUT2D eigenvalue weighted by atomic mass is 32.2. The monoisotopic (exact) mass is 595 g/mol. The lowest BCUT2D eigenvalue weighted by molar-refractivity contribution is -0.142. The van der Waals surface area contributed by atoms with Crippen LogP contribution in [0.4, 0.5) is 0 Å². The van der Waals surface area contributed by atoms with Crippen molar-refractivity contribution in [3.63, 3.8) is 0 Å². The molecule has 1 heterocycles. The van der Waals surface area contributed by atoms with E-state index in [4.69, 9.17) is 5.73 Å². The van der Waals surface area contributed by atoms with Gasteiger partial charge in [0.15, 0.2) is 0 Å². The van der Waals surface area contributed by atoms with Crippen molar-refractivity contribution in [1.29, 1.82) is 0 Å². The molecule has 0 aliphatic heterocycles. The number of para-hydroxylation sites is 1. The number of aliphatic carboxylic acids is 1. The molecule has 226 valence electrons. The van der Waals surface area contributed by atoms with E-state index in [0.717, 1.165) is 22.0 Å². The molecule has 0 aliphatic carbocycles. The van der Waals surface area contributed by atoms with E-state index < -0.39 is 47.9 Å². The molecule has 1 aromatic heterocycles. The summed E-state index contributed by atoms with van der Waals surface area (Å²) in [5.41, 5.74) is 8.59. The lowest BCUT2D eigenvalue weighted by atomic mass is 10.0. The van der Waals surface area contributed by atoms with Crippen LogP contribution in [0.5, 0.6) is 0 Å². The highest BCUT2D eigenvalue weighted by Gasteiger charge is 2.31. The Morgan fingerprint density at radius 1 is 0.857 bits per heavy atom. The minimum atomic E-state index is -1.15. The first kappa shape index (κ1) is 32.7. The van der Waals surface area contributed by atoms with Gasteiger partial charge in [-0.1, -0.05) is 62.4 Å². The summed E-state index contributed by atoms with van der Waals surface area (Å²) in [5, 5.41) is 18.8. The van der Waals surface area contributed by atoms with Gasteiger partial charge in [0.1, 0.15) is 18.1 Å². The van der Waals surface area contributed by atoms with Crippen LogP contribution in [0.3, 0.4) is 0 Å². The Kier molecular flexibility index (Phi) is 12.4. The number of hydrogen-bond acceptors (Lipinski definition) is 6. The second kappa shape index (κ2) is 16.0. The van der Waals surface area contributed by atoms with Gasteiger partial charge in [-0.05, 0) is 48.0 Å². The lowest BCUT2D eigenvalue weighted by Gasteiger charge is -2.26. The van der Waals surface area contributed by atoms with E-state index in [-0.39, 0.29) is 25.2 Å². The molecule has 3 rings (SSSR count). The number of benzene rings is 2. The number of carboxylic acid groups (broad SMARTS) is 1. The van der Waals surface area contributed by atoms with E-state index >= 15 is 0 Å². The van der Waals surface area contributed by atoms with Gasteiger partial charge in [0.25, 0.3) is 0 Å². The second-order valence-electron chi connectivity index (χ2n) is 10.8. The van der Waals surface area contributed by atoms with Crippen molar-refractivity contribution in [2.45, 2.75) is 63.7 Å². The Labute approximate surface area is 250 Å². The predicted octanol–water partition coefficient (Wildman–Crippen LogP) is 2.62.